The van der Waals surface area contributed by atoms with E-state index in [0.717, 1.165) is 26.4 Å². The Balaban J connectivity index is 0.00000231. The number of aryl methyl sites for hydroxylation is 1. The molecule has 0 atom stereocenters. The van der Waals surface area contributed by atoms with Crippen LogP contribution in [0.25, 0.3) is 41.6 Å². The van der Waals surface area contributed by atoms with Crippen LogP contribution in [0.1, 0.15) is 5.56 Å². The third kappa shape index (κ3) is 4.14. The standard InChI is InChI=1S/C21H15N3O3S3.Na/c1-11-2-8-16-18(19(11)30(25,26)27)29-21(24-16)13-5-9-15-17(10-13)28-20(23-15)12-3-6-14(22)7-4-12;/h2-10H,22H2,1H3,(H,25,26,27);/q;+1. The smallest absolute Gasteiger partial charge is 0.399 e. The van der Waals surface area contributed by atoms with E-state index in [2.05, 4.69) is 4.98 Å². The van der Waals surface area contributed by atoms with Crippen LogP contribution in [0.15, 0.2) is 59.5 Å². The molecule has 0 radical (unpaired) electrons. The molecule has 0 saturated carbocycles. The molecule has 0 aliphatic rings. The van der Waals surface area contributed by atoms with Crippen LogP contribution in [0.5, 0.6) is 0 Å². The zero-order chi connectivity index (χ0) is 21.0. The fourth-order valence-electron chi connectivity index (χ4n) is 3.32. The first-order valence-electron chi connectivity index (χ1n) is 8.94. The number of benzene rings is 3. The molecule has 2 heterocycles. The molecule has 10 heteroatoms. The number of hydrogen-bond donors (Lipinski definition) is 2. The summed E-state index contributed by atoms with van der Waals surface area (Å²) >= 11 is 2.82. The maximum absolute atomic E-state index is 11.9. The van der Waals surface area contributed by atoms with Crippen LogP contribution in [0.4, 0.5) is 5.69 Å². The summed E-state index contributed by atoms with van der Waals surface area (Å²) < 4.78 is 34.8. The van der Waals surface area contributed by atoms with Gasteiger partial charge in [0.1, 0.15) is 14.9 Å². The predicted molar refractivity (Wildman–Crippen MR) is 123 cm³/mol. The second-order valence-corrected chi connectivity index (χ2v) is 10.3. The molecule has 5 aromatic rings. The summed E-state index contributed by atoms with van der Waals surface area (Å²) in [6.45, 7) is 1.66. The van der Waals surface area contributed by atoms with E-state index in [9.17, 15) is 13.0 Å². The van der Waals surface area contributed by atoms with Crippen LogP contribution >= 0.6 is 22.7 Å². The molecule has 0 fully saturated rings. The molecular weight excluding hydrogens is 461 g/mol. The molecule has 0 unspecified atom stereocenters. The Kier molecular flexibility index (Phi) is 5.95. The molecule has 0 saturated heterocycles. The average molecular weight is 477 g/mol. The van der Waals surface area contributed by atoms with Gasteiger partial charge in [-0.1, -0.05) is 6.07 Å². The van der Waals surface area contributed by atoms with E-state index in [-0.39, 0.29) is 34.5 Å². The van der Waals surface area contributed by atoms with E-state index in [1.165, 1.54) is 11.3 Å². The van der Waals surface area contributed by atoms with E-state index in [1.807, 2.05) is 42.5 Å². The summed E-state index contributed by atoms with van der Waals surface area (Å²) in [6.07, 6.45) is 0. The molecule has 150 valence electrons. The van der Waals surface area contributed by atoms with Crippen LogP contribution in [0.2, 0.25) is 0 Å². The quantitative estimate of drug-likeness (QED) is 0.235. The zero-order valence-electron chi connectivity index (χ0n) is 16.7. The fraction of sp³-hybridized carbons (Fsp3) is 0.0476. The third-order valence-corrected chi connectivity index (χ3v) is 8.14. The summed E-state index contributed by atoms with van der Waals surface area (Å²) in [5.41, 5.74) is 10.3. The summed E-state index contributed by atoms with van der Waals surface area (Å²) in [5.74, 6) is 0. The number of thiazole rings is 2. The van der Waals surface area contributed by atoms with Gasteiger partial charge in [-0.3, -0.25) is 4.55 Å². The van der Waals surface area contributed by atoms with Gasteiger partial charge >= 0.3 is 29.6 Å². The van der Waals surface area contributed by atoms with Gasteiger partial charge in [-0.15, -0.1) is 22.7 Å². The first kappa shape index (κ1) is 22.3. The molecule has 3 N–H and O–H groups in total. The molecule has 6 nitrogen and oxygen atoms in total. The Bertz CT molecular complexity index is 1540. The first-order chi connectivity index (χ1) is 14.3. The minimum Gasteiger partial charge on any atom is -0.399 e. The van der Waals surface area contributed by atoms with Crippen LogP contribution in [0, 0.1) is 6.92 Å². The van der Waals surface area contributed by atoms with E-state index in [0.29, 0.717) is 26.5 Å². The summed E-state index contributed by atoms with van der Waals surface area (Å²) in [6, 6.07) is 16.9. The molecule has 2 aromatic heterocycles. The Morgan fingerprint density at radius 3 is 2.19 bits per heavy atom. The van der Waals surface area contributed by atoms with Crippen molar-refractivity contribution >= 4 is 58.9 Å². The zero-order valence-corrected chi connectivity index (χ0v) is 21.1. The van der Waals surface area contributed by atoms with Gasteiger partial charge in [-0.25, -0.2) is 9.97 Å². The van der Waals surface area contributed by atoms with Crippen molar-refractivity contribution in [3.05, 3.63) is 60.2 Å². The number of nitrogen functional groups attached to an aromatic ring is 1. The van der Waals surface area contributed by atoms with Gasteiger partial charge in [0.25, 0.3) is 10.1 Å². The van der Waals surface area contributed by atoms with E-state index < -0.39 is 10.1 Å². The topological polar surface area (TPSA) is 106 Å². The second kappa shape index (κ2) is 8.25. The van der Waals surface area contributed by atoms with Gasteiger partial charge in [-0.05, 0) is 61.0 Å². The number of hydrogen-bond acceptors (Lipinski definition) is 7. The predicted octanol–water partition coefficient (Wildman–Crippen LogP) is 2.38. The van der Waals surface area contributed by atoms with Crippen molar-refractivity contribution < 1.29 is 42.5 Å². The minimum absolute atomic E-state index is 0. The number of fused-ring (bicyclic) bond motifs is 2. The normalized spacial score (nSPS) is 11.7. The monoisotopic (exact) mass is 476 g/mol. The van der Waals surface area contributed by atoms with Crippen LogP contribution in [-0.4, -0.2) is 22.9 Å². The Morgan fingerprint density at radius 2 is 1.48 bits per heavy atom. The Morgan fingerprint density at radius 1 is 0.871 bits per heavy atom. The van der Waals surface area contributed by atoms with E-state index >= 15 is 0 Å². The summed E-state index contributed by atoms with van der Waals surface area (Å²) in [7, 11) is -4.34. The molecular formula is C21H15N3NaO3S3+. The number of nitrogens with zero attached hydrogens (tertiary/aromatic N) is 2. The molecule has 5 rings (SSSR count). The molecule has 0 aliphatic heterocycles. The molecule has 0 bridgehead atoms. The van der Waals surface area contributed by atoms with Crippen LogP contribution in [-0.2, 0) is 10.1 Å². The Hall–Kier alpha value is -1.85. The van der Waals surface area contributed by atoms with E-state index in [1.54, 1.807) is 30.4 Å². The SMILES string of the molecule is Cc1ccc2nc(-c3ccc4nc(-c5ccc(N)cc5)sc4c3)sc2c1S(=O)(=O)O.[Na+]. The maximum atomic E-state index is 11.9. The van der Waals surface area contributed by atoms with Gasteiger partial charge in [-0.2, -0.15) is 8.42 Å². The van der Waals surface area contributed by atoms with Crippen molar-refractivity contribution in [2.45, 2.75) is 11.8 Å². The largest absolute Gasteiger partial charge is 1.00 e. The number of rotatable bonds is 3. The van der Waals surface area contributed by atoms with Gasteiger partial charge in [0, 0.05) is 16.8 Å². The maximum Gasteiger partial charge on any atom is 1.00 e. The minimum atomic E-state index is -4.34. The molecule has 31 heavy (non-hydrogen) atoms. The van der Waals surface area contributed by atoms with Crippen molar-refractivity contribution in [3.8, 4) is 21.1 Å². The van der Waals surface area contributed by atoms with Crippen molar-refractivity contribution in [3.63, 3.8) is 0 Å². The average Bonchev–Trinajstić information content (AvgIpc) is 3.30. The molecule has 0 aliphatic carbocycles. The van der Waals surface area contributed by atoms with Gasteiger partial charge < -0.3 is 5.73 Å². The van der Waals surface area contributed by atoms with E-state index in [4.69, 9.17) is 10.7 Å². The molecule has 3 aromatic carbocycles. The van der Waals surface area contributed by atoms with Crippen molar-refractivity contribution in [2.75, 3.05) is 5.73 Å². The van der Waals surface area contributed by atoms with Crippen LogP contribution in [0.3, 0.4) is 0 Å². The van der Waals surface area contributed by atoms with Crippen LogP contribution < -0.4 is 35.3 Å². The fourth-order valence-corrected chi connectivity index (χ4v) is 6.64. The van der Waals surface area contributed by atoms with Gasteiger partial charge in [0.2, 0.25) is 0 Å². The number of anilines is 1. The summed E-state index contributed by atoms with van der Waals surface area (Å²) in [4.78, 5) is 9.21. The van der Waals surface area contributed by atoms with Crippen molar-refractivity contribution in [2.24, 2.45) is 0 Å². The molecule has 0 amide bonds. The van der Waals surface area contributed by atoms with Crippen molar-refractivity contribution in [1.29, 1.82) is 0 Å². The number of nitrogens with two attached hydrogens (primary N) is 1. The first-order valence-corrected chi connectivity index (χ1v) is 12.0. The van der Waals surface area contributed by atoms with Gasteiger partial charge in [0.15, 0.2) is 0 Å². The van der Waals surface area contributed by atoms with Gasteiger partial charge in [0.05, 0.1) is 20.4 Å². The Labute approximate surface area is 208 Å². The third-order valence-electron chi connectivity index (χ3n) is 4.76. The second-order valence-electron chi connectivity index (χ2n) is 6.88. The van der Waals surface area contributed by atoms with Crippen molar-refractivity contribution in [1.82, 2.24) is 9.97 Å². The summed E-state index contributed by atoms with van der Waals surface area (Å²) in [5, 5.41) is 1.58. The number of aromatic nitrogens is 2. The molecule has 0 spiro atoms.